The third-order valence-electron chi connectivity index (χ3n) is 4.99. The lowest BCUT2D eigenvalue weighted by Crippen LogP contribution is -2.26. The lowest BCUT2D eigenvalue weighted by Gasteiger charge is -2.18. The van der Waals surface area contributed by atoms with E-state index in [1.807, 2.05) is 6.92 Å². The van der Waals surface area contributed by atoms with Crippen molar-refractivity contribution in [2.24, 2.45) is 0 Å². The number of hydrogen-bond donors (Lipinski definition) is 0. The molecule has 0 unspecified atom stereocenters. The zero-order valence-electron chi connectivity index (χ0n) is 18.5. The normalized spacial score (nSPS) is 10.9. The molecule has 4 rings (SSSR count). The monoisotopic (exact) mass is 480 g/mol. The van der Waals surface area contributed by atoms with Crippen LogP contribution in [-0.4, -0.2) is 26.6 Å². The number of anilines is 2. The molecule has 0 fully saturated rings. The Morgan fingerprint density at radius 1 is 1.12 bits per heavy atom. The zero-order valence-corrected chi connectivity index (χ0v) is 19.3. The Bertz CT molecular complexity index is 1430. The van der Waals surface area contributed by atoms with Crippen LogP contribution in [0.3, 0.4) is 0 Å². The summed E-state index contributed by atoms with van der Waals surface area (Å²) in [5, 5.41) is 6.90. The Labute approximate surface area is 198 Å². The Morgan fingerprint density at radius 3 is 2.53 bits per heavy atom. The summed E-state index contributed by atoms with van der Waals surface area (Å²) in [4.78, 5) is 43.2. The largest absolute Gasteiger partial charge is 0.454 e. The Hall–Kier alpha value is -3.92. The number of rotatable bonds is 7. The Balaban J connectivity index is 1.58. The standard InChI is InChI=1S/C24H21FN4O4S/c1-3-12-28-22(31)18-9-5-4-8-17(18)21(27-28)23(32)33-13-16-14-34-24(26-16)29(15(2)30)20-11-7-6-10-19(20)25/h4-11,14H,3,12-13H2,1-2H3. The summed E-state index contributed by atoms with van der Waals surface area (Å²) in [6, 6.07) is 12.6. The van der Waals surface area contributed by atoms with Gasteiger partial charge in [-0.05, 0) is 24.6 Å². The highest BCUT2D eigenvalue weighted by atomic mass is 32.1. The van der Waals surface area contributed by atoms with E-state index in [1.54, 1.807) is 35.7 Å². The van der Waals surface area contributed by atoms with Crippen molar-refractivity contribution >= 4 is 44.8 Å². The number of fused-ring (bicyclic) bond motifs is 1. The number of amides is 1. The summed E-state index contributed by atoms with van der Waals surface area (Å²) >= 11 is 1.13. The topological polar surface area (TPSA) is 94.4 Å². The van der Waals surface area contributed by atoms with E-state index in [2.05, 4.69) is 10.1 Å². The molecule has 0 atom stereocenters. The van der Waals surface area contributed by atoms with Crippen LogP contribution in [0, 0.1) is 5.82 Å². The van der Waals surface area contributed by atoms with Crippen molar-refractivity contribution < 1.29 is 18.7 Å². The van der Waals surface area contributed by atoms with Crippen LogP contribution in [0.2, 0.25) is 0 Å². The number of esters is 1. The van der Waals surface area contributed by atoms with Gasteiger partial charge in [0.15, 0.2) is 10.8 Å². The minimum Gasteiger partial charge on any atom is -0.454 e. The molecule has 1 amide bonds. The van der Waals surface area contributed by atoms with Gasteiger partial charge in [-0.15, -0.1) is 11.3 Å². The quantitative estimate of drug-likeness (QED) is 0.363. The average Bonchev–Trinajstić information content (AvgIpc) is 3.29. The predicted molar refractivity (Wildman–Crippen MR) is 127 cm³/mol. The highest BCUT2D eigenvalue weighted by molar-refractivity contribution is 7.14. The lowest BCUT2D eigenvalue weighted by molar-refractivity contribution is -0.115. The van der Waals surface area contributed by atoms with Crippen molar-refractivity contribution in [3.05, 3.63) is 81.5 Å². The molecule has 0 saturated heterocycles. The first-order valence-electron chi connectivity index (χ1n) is 10.6. The lowest BCUT2D eigenvalue weighted by atomic mass is 10.1. The van der Waals surface area contributed by atoms with Crippen LogP contribution in [0.4, 0.5) is 15.2 Å². The molecule has 8 nitrogen and oxygen atoms in total. The number of aromatic nitrogens is 3. The van der Waals surface area contributed by atoms with E-state index < -0.39 is 17.7 Å². The molecule has 2 aromatic heterocycles. The molecule has 0 N–H and O–H groups in total. The number of nitrogens with zero attached hydrogens (tertiary/aromatic N) is 4. The SMILES string of the molecule is CCCn1nc(C(=O)OCc2csc(N(C(C)=O)c3ccccc3F)n2)c2ccccc2c1=O. The van der Waals surface area contributed by atoms with Crippen molar-refractivity contribution in [2.75, 3.05) is 4.90 Å². The summed E-state index contributed by atoms with van der Waals surface area (Å²) in [7, 11) is 0. The second-order valence-corrected chi connectivity index (χ2v) is 8.26. The van der Waals surface area contributed by atoms with E-state index in [1.165, 1.54) is 34.7 Å². The minimum absolute atomic E-state index is 0.0378. The molecule has 0 spiro atoms. The summed E-state index contributed by atoms with van der Waals surface area (Å²) in [5.74, 6) is -1.66. The molecule has 0 radical (unpaired) electrons. The second kappa shape index (κ2) is 9.92. The molecule has 174 valence electrons. The Kier molecular flexibility index (Phi) is 6.78. The highest BCUT2D eigenvalue weighted by Crippen LogP contribution is 2.31. The van der Waals surface area contributed by atoms with Crippen molar-refractivity contribution in [3.63, 3.8) is 0 Å². The number of carbonyl (C=O) groups excluding carboxylic acids is 2. The fourth-order valence-electron chi connectivity index (χ4n) is 3.46. The fraction of sp³-hybridized carbons (Fsp3) is 0.208. The average molecular weight is 481 g/mol. The number of benzene rings is 2. The minimum atomic E-state index is -0.701. The smallest absolute Gasteiger partial charge is 0.359 e. The first-order valence-corrected chi connectivity index (χ1v) is 11.4. The van der Waals surface area contributed by atoms with Crippen molar-refractivity contribution in [1.82, 2.24) is 14.8 Å². The fourth-order valence-corrected chi connectivity index (χ4v) is 4.33. The molecule has 0 aliphatic rings. The maximum Gasteiger partial charge on any atom is 0.359 e. The summed E-state index contributed by atoms with van der Waals surface area (Å²) in [6.45, 7) is 3.42. The van der Waals surface area contributed by atoms with Gasteiger partial charge in [0.1, 0.15) is 12.4 Å². The van der Waals surface area contributed by atoms with Crippen LogP contribution in [0.1, 0.15) is 36.5 Å². The van der Waals surface area contributed by atoms with E-state index in [0.29, 0.717) is 29.4 Å². The molecule has 34 heavy (non-hydrogen) atoms. The number of para-hydroxylation sites is 1. The number of aryl methyl sites for hydroxylation is 1. The van der Waals surface area contributed by atoms with Crippen molar-refractivity contribution in [1.29, 1.82) is 0 Å². The molecule has 0 saturated carbocycles. The van der Waals surface area contributed by atoms with Crippen molar-refractivity contribution in [2.45, 2.75) is 33.4 Å². The van der Waals surface area contributed by atoms with Crippen LogP contribution in [0.25, 0.3) is 10.8 Å². The van der Waals surface area contributed by atoms with Gasteiger partial charge in [0, 0.05) is 24.2 Å². The number of ether oxygens (including phenoxy) is 1. The number of carbonyl (C=O) groups is 2. The van der Waals surface area contributed by atoms with Crippen LogP contribution >= 0.6 is 11.3 Å². The molecule has 4 aromatic rings. The molecule has 10 heteroatoms. The van der Waals surface area contributed by atoms with Crippen LogP contribution in [0.5, 0.6) is 0 Å². The maximum absolute atomic E-state index is 14.3. The molecule has 0 bridgehead atoms. The van der Waals surface area contributed by atoms with Gasteiger partial charge in [0.2, 0.25) is 5.91 Å². The number of hydrogen-bond acceptors (Lipinski definition) is 7. The van der Waals surface area contributed by atoms with Gasteiger partial charge in [-0.2, -0.15) is 5.10 Å². The number of halogens is 1. The van der Waals surface area contributed by atoms with Gasteiger partial charge in [-0.3, -0.25) is 14.5 Å². The third-order valence-corrected chi connectivity index (χ3v) is 5.86. The predicted octanol–water partition coefficient (Wildman–Crippen LogP) is 4.44. The first-order chi connectivity index (χ1) is 16.4. The molecule has 0 aliphatic heterocycles. The second-order valence-electron chi connectivity index (χ2n) is 7.43. The van der Waals surface area contributed by atoms with Gasteiger partial charge in [0.05, 0.1) is 16.8 Å². The molecular weight excluding hydrogens is 459 g/mol. The van der Waals surface area contributed by atoms with E-state index in [9.17, 15) is 18.8 Å². The zero-order chi connectivity index (χ0) is 24.2. The van der Waals surface area contributed by atoms with Gasteiger partial charge in [-0.25, -0.2) is 18.9 Å². The molecule has 2 aromatic carbocycles. The van der Waals surface area contributed by atoms with E-state index >= 15 is 0 Å². The maximum atomic E-state index is 14.3. The molecule has 0 aliphatic carbocycles. The van der Waals surface area contributed by atoms with Gasteiger partial charge < -0.3 is 4.74 Å². The highest BCUT2D eigenvalue weighted by Gasteiger charge is 2.22. The van der Waals surface area contributed by atoms with E-state index in [0.717, 1.165) is 11.3 Å². The first kappa shape index (κ1) is 23.2. The number of thiazole rings is 1. The van der Waals surface area contributed by atoms with E-state index in [4.69, 9.17) is 4.74 Å². The van der Waals surface area contributed by atoms with Gasteiger partial charge in [0.25, 0.3) is 5.56 Å². The van der Waals surface area contributed by atoms with E-state index in [-0.39, 0.29) is 28.7 Å². The molecular formula is C24H21FN4O4S. The van der Waals surface area contributed by atoms with Crippen molar-refractivity contribution in [3.8, 4) is 0 Å². The summed E-state index contributed by atoms with van der Waals surface area (Å²) in [5.41, 5.74) is 0.246. The third kappa shape index (κ3) is 4.58. The van der Waals surface area contributed by atoms with Gasteiger partial charge in [-0.1, -0.05) is 37.3 Å². The molecule has 2 heterocycles. The summed E-state index contributed by atoms with van der Waals surface area (Å²) in [6.07, 6.45) is 0.677. The van der Waals surface area contributed by atoms with Gasteiger partial charge >= 0.3 is 5.97 Å². The van der Waals surface area contributed by atoms with Crippen LogP contribution in [-0.2, 0) is 22.7 Å². The summed E-state index contributed by atoms with van der Waals surface area (Å²) < 4.78 is 21.0. The Morgan fingerprint density at radius 2 is 1.82 bits per heavy atom. The van der Waals surface area contributed by atoms with Crippen LogP contribution < -0.4 is 10.5 Å². The van der Waals surface area contributed by atoms with Crippen LogP contribution in [0.15, 0.2) is 58.7 Å².